The smallest absolute Gasteiger partial charge is 0.147 e. The monoisotopic (exact) mass is 365 g/mol. The third kappa shape index (κ3) is 2.57. The maximum absolute atomic E-state index is 9.83. The third-order valence-corrected chi connectivity index (χ3v) is 5.20. The van der Waals surface area contributed by atoms with Crippen molar-refractivity contribution >= 4 is 38.9 Å². The first-order valence-electron chi connectivity index (χ1n) is 6.44. The number of rotatable bonds is 3. The maximum Gasteiger partial charge on any atom is 0.147 e. The summed E-state index contributed by atoms with van der Waals surface area (Å²) in [6.45, 7) is -0.179. The number of aromatic nitrogens is 1. The van der Waals surface area contributed by atoms with Crippen molar-refractivity contribution in [2.45, 2.75) is 9.83 Å². The Morgan fingerprint density at radius 3 is 2.76 bits per heavy atom. The number of pyridine rings is 1. The molecule has 2 heterocycles. The van der Waals surface area contributed by atoms with Gasteiger partial charge < -0.3 is 10.4 Å². The van der Waals surface area contributed by atoms with Crippen molar-refractivity contribution in [1.29, 1.82) is 0 Å². The van der Waals surface area contributed by atoms with Crippen molar-refractivity contribution in [3.8, 4) is 0 Å². The van der Waals surface area contributed by atoms with Crippen molar-refractivity contribution in [3.63, 3.8) is 0 Å². The first kappa shape index (κ1) is 14.5. The number of aliphatic hydroxyl groups is 1. The van der Waals surface area contributed by atoms with Crippen LogP contribution >= 0.6 is 27.5 Å². The first-order valence-corrected chi connectivity index (χ1v) is 7.66. The molecule has 0 amide bonds. The van der Waals surface area contributed by atoms with Crippen LogP contribution in [0.3, 0.4) is 0 Å². The van der Waals surface area contributed by atoms with Crippen LogP contribution in [0.15, 0.2) is 53.8 Å². The van der Waals surface area contributed by atoms with E-state index in [0.29, 0.717) is 5.36 Å². The summed E-state index contributed by atoms with van der Waals surface area (Å²) < 4.78 is -0.862. The summed E-state index contributed by atoms with van der Waals surface area (Å²) in [5, 5.41) is 14.8. The molecule has 0 saturated carbocycles. The van der Waals surface area contributed by atoms with E-state index in [1.54, 1.807) is 12.4 Å². The minimum absolute atomic E-state index is 0.179. The molecule has 108 valence electrons. The highest BCUT2D eigenvalue weighted by Gasteiger charge is 2.41. The van der Waals surface area contributed by atoms with Crippen LogP contribution in [0.2, 0.25) is 0 Å². The second-order valence-electron chi connectivity index (χ2n) is 4.74. The molecule has 2 N–H and O–H groups in total. The van der Waals surface area contributed by atoms with E-state index in [-0.39, 0.29) is 6.61 Å². The lowest BCUT2D eigenvalue weighted by Crippen LogP contribution is -2.50. The number of fused-ring (bicyclic) bond motifs is 1. The van der Waals surface area contributed by atoms with Crippen LogP contribution in [0.1, 0.15) is 0 Å². The number of alkyl halides is 2. The van der Waals surface area contributed by atoms with Crippen LogP contribution in [0.25, 0.3) is 5.70 Å². The number of anilines is 1. The Kier molecular flexibility index (Phi) is 3.97. The normalized spacial score (nSPS) is 24.1. The van der Waals surface area contributed by atoms with Crippen LogP contribution < -0.4 is 15.9 Å². The van der Waals surface area contributed by atoms with Crippen LogP contribution in [0, 0.1) is 0 Å². The third-order valence-electron chi connectivity index (χ3n) is 3.39. The molecule has 21 heavy (non-hydrogen) atoms. The molecule has 0 saturated heterocycles. The lowest BCUT2D eigenvalue weighted by Gasteiger charge is -2.33. The van der Waals surface area contributed by atoms with Gasteiger partial charge in [0, 0.05) is 22.8 Å². The quantitative estimate of drug-likeness (QED) is 0.641. The fraction of sp³-hybridized carbons (Fsp3) is 0.200. The molecule has 0 spiro atoms. The van der Waals surface area contributed by atoms with E-state index in [9.17, 15) is 5.11 Å². The molecule has 2 aromatic rings. The van der Waals surface area contributed by atoms with Crippen molar-refractivity contribution in [3.05, 3.63) is 59.4 Å². The molecule has 0 fully saturated rings. The van der Waals surface area contributed by atoms with E-state index < -0.39 is 9.83 Å². The van der Waals surface area contributed by atoms with Crippen LogP contribution in [0.5, 0.6) is 0 Å². The molecule has 2 unspecified atom stereocenters. The van der Waals surface area contributed by atoms with Crippen molar-refractivity contribution in [2.24, 2.45) is 4.99 Å². The van der Waals surface area contributed by atoms with E-state index in [0.717, 1.165) is 16.6 Å². The Morgan fingerprint density at radius 1 is 1.29 bits per heavy atom. The van der Waals surface area contributed by atoms with Crippen molar-refractivity contribution in [2.75, 3.05) is 11.9 Å². The highest BCUT2D eigenvalue weighted by molar-refractivity contribution is 9.10. The van der Waals surface area contributed by atoms with E-state index >= 15 is 0 Å². The minimum atomic E-state index is -0.862. The largest absolute Gasteiger partial charge is 0.394 e. The van der Waals surface area contributed by atoms with Gasteiger partial charge in [0.15, 0.2) is 0 Å². The number of nitrogens with one attached hydrogen (secondary N) is 1. The first-order chi connectivity index (χ1) is 10.1. The Morgan fingerprint density at radius 2 is 2.05 bits per heavy atom. The molecule has 0 aliphatic carbocycles. The zero-order valence-corrected chi connectivity index (χ0v) is 13.3. The molecule has 1 aliphatic rings. The Bertz CT molecular complexity index is 768. The summed E-state index contributed by atoms with van der Waals surface area (Å²) in [5.74, 6) is 0. The van der Waals surface area contributed by atoms with Gasteiger partial charge in [-0.2, -0.15) is 0 Å². The average molecular weight is 367 g/mol. The summed E-state index contributed by atoms with van der Waals surface area (Å²) >= 11 is 9.91. The number of nitrogens with zero attached hydrogens (tertiary/aromatic N) is 2. The van der Waals surface area contributed by atoms with Gasteiger partial charge in [-0.15, -0.1) is 0 Å². The molecule has 3 rings (SSSR count). The molecule has 6 heteroatoms. The Labute approximate surface area is 135 Å². The number of halogens is 2. The van der Waals surface area contributed by atoms with Gasteiger partial charge >= 0.3 is 0 Å². The van der Waals surface area contributed by atoms with Gasteiger partial charge in [-0.3, -0.25) is 9.98 Å². The summed E-state index contributed by atoms with van der Waals surface area (Å²) in [4.78, 5) is 8.47. The zero-order valence-electron chi connectivity index (χ0n) is 11.0. The molecule has 0 radical (unpaired) electrons. The van der Waals surface area contributed by atoms with Gasteiger partial charge in [0.1, 0.15) is 9.83 Å². The lowest BCUT2D eigenvalue weighted by atomic mass is 10.0. The standard InChI is InChI=1S/C15H13BrClN3O/c16-15(9-21)13(19-10-4-2-1-3-5-10)11-6-7-18-8-12(11)20-14(15)17/h1-8,14,19,21H,9H2. The molecular formula is C15H13BrClN3O. The molecule has 4 nitrogen and oxygen atoms in total. The molecule has 1 aromatic heterocycles. The van der Waals surface area contributed by atoms with E-state index in [4.69, 9.17) is 11.6 Å². The van der Waals surface area contributed by atoms with Crippen LogP contribution in [-0.4, -0.2) is 26.5 Å². The Hall–Kier alpha value is -1.43. The molecule has 1 aliphatic heterocycles. The summed E-state index contributed by atoms with van der Waals surface area (Å²) in [6.07, 6.45) is 3.36. The topological polar surface area (TPSA) is 57.5 Å². The second-order valence-corrected chi connectivity index (χ2v) is 6.57. The molecular weight excluding hydrogens is 354 g/mol. The van der Waals surface area contributed by atoms with Gasteiger partial charge in [-0.05, 0) is 18.2 Å². The molecule has 0 bridgehead atoms. The zero-order chi connectivity index (χ0) is 14.9. The minimum Gasteiger partial charge on any atom is -0.394 e. The predicted octanol–water partition coefficient (Wildman–Crippen LogP) is 1.63. The number of hydrogen-bond acceptors (Lipinski definition) is 4. The highest BCUT2D eigenvalue weighted by Crippen LogP contribution is 2.36. The van der Waals surface area contributed by atoms with Gasteiger partial charge in [-0.25, -0.2) is 0 Å². The summed E-state index contributed by atoms with van der Waals surface area (Å²) in [5.41, 5.74) is 1.06. The van der Waals surface area contributed by atoms with Crippen molar-refractivity contribution in [1.82, 2.24) is 4.98 Å². The number of benzene rings is 1. The number of aliphatic hydroxyl groups excluding tert-OH is 1. The lowest BCUT2D eigenvalue weighted by molar-refractivity contribution is 0.270. The van der Waals surface area contributed by atoms with Gasteiger partial charge in [0.25, 0.3) is 0 Å². The van der Waals surface area contributed by atoms with Crippen LogP contribution in [0.4, 0.5) is 5.69 Å². The summed E-state index contributed by atoms with van der Waals surface area (Å²) in [7, 11) is 0. The van der Waals surface area contributed by atoms with Crippen LogP contribution in [-0.2, 0) is 0 Å². The predicted molar refractivity (Wildman–Crippen MR) is 86.9 cm³/mol. The fourth-order valence-corrected chi connectivity index (χ4v) is 2.96. The average Bonchev–Trinajstić information content (AvgIpc) is 2.53. The number of para-hydroxylation sites is 1. The maximum atomic E-state index is 9.83. The molecule has 2 atom stereocenters. The van der Waals surface area contributed by atoms with Gasteiger partial charge in [0.05, 0.1) is 18.2 Å². The van der Waals surface area contributed by atoms with Crippen molar-refractivity contribution < 1.29 is 5.11 Å². The fourth-order valence-electron chi connectivity index (χ4n) is 2.26. The van der Waals surface area contributed by atoms with Gasteiger partial charge in [-0.1, -0.05) is 45.7 Å². The second kappa shape index (κ2) is 5.75. The highest BCUT2D eigenvalue weighted by atomic mass is 79.9. The van der Waals surface area contributed by atoms with E-state index in [1.165, 1.54) is 0 Å². The summed E-state index contributed by atoms with van der Waals surface area (Å²) in [6, 6.07) is 11.6. The SMILES string of the molecule is OCC1(Br)C(Nc2ccccc2)=c2ccncc2=NC1Cl. The van der Waals surface area contributed by atoms with E-state index in [2.05, 4.69) is 31.2 Å². The van der Waals surface area contributed by atoms with Gasteiger partial charge in [0.2, 0.25) is 0 Å². The molecule has 1 aromatic carbocycles. The Balaban J connectivity index is 2.22. The van der Waals surface area contributed by atoms with E-state index in [1.807, 2.05) is 36.4 Å². The number of hydrogen-bond donors (Lipinski definition) is 2.